The molecule has 31 heavy (non-hydrogen) atoms. The van der Waals surface area contributed by atoms with E-state index < -0.39 is 40.8 Å². The van der Waals surface area contributed by atoms with Crippen molar-refractivity contribution in [2.75, 3.05) is 18.7 Å². The zero-order valence-corrected chi connectivity index (χ0v) is 16.2. The average molecular weight is 453 g/mol. The first-order chi connectivity index (χ1) is 14.7. The molecule has 2 aromatic carbocycles. The highest BCUT2D eigenvalue weighted by atomic mass is 35.5. The van der Waals surface area contributed by atoms with E-state index in [-0.39, 0.29) is 12.5 Å². The van der Waals surface area contributed by atoms with Gasteiger partial charge in [-0.1, -0.05) is 17.7 Å². The molecule has 0 saturated carbocycles. The molecule has 0 saturated heterocycles. The minimum absolute atomic E-state index is 0.0584. The van der Waals surface area contributed by atoms with Crippen LogP contribution < -0.4 is 14.8 Å². The minimum Gasteiger partial charge on any atom is -0.454 e. The van der Waals surface area contributed by atoms with E-state index in [0.717, 1.165) is 12.1 Å². The summed E-state index contributed by atoms with van der Waals surface area (Å²) in [5.41, 5.74) is -1.24. The van der Waals surface area contributed by atoms with Crippen molar-refractivity contribution in [1.29, 1.82) is 5.26 Å². The molecule has 1 amide bonds. The Labute approximate surface area is 178 Å². The number of hydrogen-bond donors (Lipinski definition) is 1. The van der Waals surface area contributed by atoms with E-state index in [1.165, 1.54) is 6.08 Å². The number of nitrogens with one attached hydrogen (secondary N) is 1. The number of nitrogens with zero attached hydrogens (tertiary/aromatic N) is 1. The van der Waals surface area contributed by atoms with Gasteiger partial charge in [0.2, 0.25) is 6.79 Å². The lowest BCUT2D eigenvalue weighted by Crippen LogP contribution is -2.21. The molecule has 1 N–H and O–H groups in total. The van der Waals surface area contributed by atoms with Crippen LogP contribution in [0.4, 0.5) is 18.9 Å². The highest BCUT2D eigenvalue weighted by Gasteiger charge is 2.33. The third-order valence-corrected chi connectivity index (χ3v) is 4.27. The quantitative estimate of drug-likeness (QED) is 0.415. The number of carbonyl (C=O) groups is 2. The molecule has 0 bridgehead atoms. The van der Waals surface area contributed by atoms with Gasteiger partial charge in [-0.3, -0.25) is 4.79 Å². The van der Waals surface area contributed by atoms with Crippen molar-refractivity contribution in [2.45, 2.75) is 6.18 Å². The van der Waals surface area contributed by atoms with Crippen molar-refractivity contribution in [3.63, 3.8) is 0 Å². The number of alkyl halides is 3. The minimum atomic E-state index is -4.70. The molecule has 0 atom stereocenters. The lowest BCUT2D eigenvalue weighted by atomic mass is 10.1. The molecule has 160 valence electrons. The first-order valence-corrected chi connectivity index (χ1v) is 8.90. The van der Waals surface area contributed by atoms with Gasteiger partial charge in [-0.2, -0.15) is 18.4 Å². The van der Waals surface area contributed by atoms with Gasteiger partial charge < -0.3 is 19.5 Å². The fraction of sp³-hybridized carbons (Fsp3) is 0.150. The molecule has 0 aromatic heterocycles. The second-order valence-corrected chi connectivity index (χ2v) is 6.51. The second kappa shape index (κ2) is 8.97. The number of halogens is 4. The second-order valence-electron chi connectivity index (χ2n) is 6.10. The van der Waals surface area contributed by atoms with Crippen molar-refractivity contribution in [2.24, 2.45) is 0 Å². The van der Waals surface area contributed by atoms with Gasteiger partial charge >= 0.3 is 12.1 Å². The maximum Gasteiger partial charge on any atom is 0.417 e. The summed E-state index contributed by atoms with van der Waals surface area (Å²) in [6.45, 7) is -0.758. The van der Waals surface area contributed by atoms with Gasteiger partial charge in [-0.05, 0) is 42.0 Å². The molecule has 0 radical (unpaired) electrons. The van der Waals surface area contributed by atoms with Crippen LogP contribution in [0.2, 0.25) is 5.02 Å². The van der Waals surface area contributed by atoms with E-state index in [0.29, 0.717) is 23.1 Å². The molecule has 2 aromatic rings. The Kier molecular flexibility index (Phi) is 6.36. The molecule has 7 nitrogen and oxygen atoms in total. The van der Waals surface area contributed by atoms with Gasteiger partial charge in [-0.15, -0.1) is 0 Å². The van der Waals surface area contributed by atoms with E-state index >= 15 is 0 Å². The molecular weight excluding hydrogens is 441 g/mol. The molecule has 0 fully saturated rings. The third kappa shape index (κ3) is 5.46. The topological polar surface area (TPSA) is 97.7 Å². The van der Waals surface area contributed by atoms with Crippen molar-refractivity contribution < 1.29 is 37.0 Å². The fourth-order valence-corrected chi connectivity index (χ4v) is 2.76. The van der Waals surface area contributed by atoms with Gasteiger partial charge in [0.05, 0.1) is 10.6 Å². The maximum absolute atomic E-state index is 12.9. The Balaban J connectivity index is 1.62. The lowest BCUT2D eigenvalue weighted by Gasteiger charge is -2.12. The summed E-state index contributed by atoms with van der Waals surface area (Å²) in [5, 5.41) is 10.8. The molecule has 1 heterocycles. The van der Waals surface area contributed by atoms with Gasteiger partial charge in [0.1, 0.15) is 11.6 Å². The lowest BCUT2D eigenvalue weighted by molar-refractivity contribution is -0.142. The Morgan fingerprint density at radius 3 is 2.65 bits per heavy atom. The van der Waals surface area contributed by atoms with Crippen LogP contribution in [0.5, 0.6) is 11.5 Å². The molecule has 0 aliphatic carbocycles. The highest BCUT2D eigenvalue weighted by molar-refractivity contribution is 6.31. The first kappa shape index (κ1) is 22.0. The number of carbonyl (C=O) groups excluding carboxylic acids is 2. The van der Waals surface area contributed by atoms with Crippen molar-refractivity contribution in [3.05, 3.63) is 58.1 Å². The van der Waals surface area contributed by atoms with Crippen LogP contribution in [0.1, 0.15) is 11.1 Å². The first-order valence-electron chi connectivity index (χ1n) is 8.52. The monoisotopic (exact) mass is 452 g/mol. The van der Waals surface area contributed by atoms with Crippen LogP contribution in [0.3, 0.4) is 0 Å². The van der Waals surface area contributed by atoms with Crippen LogP contribution in [0, 0.1) is 11.3 Å². The number of rotatable bonds is 5. The molecule has 11 heteroatoms. The van der Waals surface area contributed by atoms with Crippen LogP contribution in [-0.4, -0.2) is 25.3 Å². The molecule has 0 spiro atoms. The number of ether oxygens (including phenoxy) is 3. The summed E-state index contributed by atoms with van der Waals surface area (Å²) in [4.78, 5) is 24.0. The number of hydrogen-bond acceptors (Lipinski definition) is 6. The molecule has 3 rings (SSSR count). The number of anilines is 1. The summed E-state index contributed by atoms with van der Waals surface area (Å²) < 4.78 is 53.8. The van der Waals surface area contributed by atoms with E-state index in [9.17, 15) is 28.0 Å². The Morgan fingerprint density at radius 1 is 1.19 bits per heavy atom. The standard InChI is InChI=1S/C20H12ClF3N2O5/c21-15-3-2-13(7-14(15)20(22,23)24)26-18(27)9-29-19(28)12(8-25)5-11-1-4-16-17(6-11)31-10-30-16/h1-7H,9-10H2,(H,26,27)/b12-5+. The summed E-state index contributed by atoms with van der Waals surface area (Å²) >= 11 is 5.51. The van der Waals surface area contributed by atoms with Gasteiger partial charge in [-0.25, -0.2) is 4.79 Å². The zero-order chi connectivity index (χ0) is 22.6. The predicted molar refractivity (Wildman–Crippen MR) is 102 cm³/mol. The molecule has 1 aliphatic rings. The number of benzene rings is 2. The van der Waals surface area contributed by atoms with Crippen molar-refractivity contribution >= 4 is 35.2 Å². The third-order valence-electron chi connectivity index (χ3n) is 3.94. The highest BCUT2D eigenvalue weighted by Crippen LogP contribution is 2.36. The van der Waals surface area contributed by atoms with Crippen LogP contribution in [0.15, 0.2) is 42.0 Å². The van der Waals surface area contributed by atoms with Crippen LogP contribution in [-0.2, 0) is 20.5 Å². The fourth-order valence-electron chi connectivity index (χ4n) is 2.53. The molecular formula is C20H12ClF3N2O5. The molecule has 1 aliphatic heterocycles. The van der Waals surface area contributed by atoms with E-state index in [2.05, 4.69) is 5.32 Å². The van der Waals surface area contributed by atoms with E-state index in [1.54, 1.807) is 24.3 Å². The Morgan fingerprint density at radius 2 is 1.94 bits per heavy atom. The average Bonchev–Trinajstić information content (AvgIpc) is 3.18. The zero-order valence-electron chi connectivity index (χ0n) is 15.5. The SMILES string of the molecule is N#C/C(=C\c1ccc2c(c1)OCO2)C(=O)OCC(=O)Nc1ccc(Cl)c(C(F)(F)F)c1. The number of fused-ring (bicyclic) bond motifs is 1. The van der Waals surface area contributed by atoms with Gasteiger partial charge in [0, 0.05) is 5.69 Å². The van der Waals surface area contributed by atoms with Crippen LogP contribution >= 0.6 is 11.6 Å². The number of nitriles is 1. The predicted octanol–water partition coefficient (Wildman–Crippen LogP) is 4.18. The number of amides is 1. The normalized spacial score (nSPS) is 12.8. The van der Waals surface area contributed by atoms with Gasteiger partial charge in [0.25, 0.3) is 5.91 Å². The van der Waals surface area contributed by atoms with Crippen molar-refractivity contribution in [1.82, 2.24) is 0 Å². The van der Waals surface area contributed by atoms with Crippen LogP contribution in [0.25, 0.3) is 6.08 Å². The molecule has 0 unspecified atom stereocenters. The summed E-state index contributed by atoms with van der Waals surface area (Å²) in [5.74, 6) is -1.02. The largest absolute Gasteiger partial charge is 0.454 e. The summed E-state index contributed by atoms with van der Waals surface area (Å²) in [6, 6.07) is 9.21. The number of esters is 1. The maximum atomic E-state index is 12.9. The Bertz CT molecular complexity index is 1110. The summed E-state index contributed by atoms with van der Waals surface area (Å²) in [6.07, 6.45) is -3.47. The van der Waals surface area contributed by atoms with E-state index in [4.69, 9.17) is 25.8 Å². The van der Waals surface area contributed by atoms with Crippen molar-refractivity contribution in [3.8, 4) is 17.6 Å². The smallest absolute Gasteiger partial charge is 0.417 e. The Hall–Kier alpha value is -3.71. The van der Waals surface area contributed by atoms with Gasteiger partial charge in [0.15, 0.2) is 18.1 Å². The summed E-state index contributed by atoms with van der Waals surface area (Å²) in [7, 11) is 0. The van der Waals surface area contributed by atoms with E-state index in [1.807, 2.05) is 0 Å².